The molecule has 26 heavy (non-hydrogen) atoms. The van der Waals surface area contributed by atoms with E-state index in [1.807, 2.05) is 0 Å². The monoisotopic (exact) mass is 395 g/mol. The average Bonchev–Trinajstić information content (AvgIpc) is 2.63. The van der Waals surface area contributed by atoms with Gasteiger partial charge in [0.05, 0.1) is 23.9 Å². The first-order chi connectivity index (χ1) is 12.5. The molecule has 8 heteroatoms. The zero-order valence-electron chi connectivity index (χ0n) is 14.1. The molecule has 0 fully saturated rings. The molecule has 2 aromatic carbocycles. The van der Waals surface area contributed by atoms with E-state index in [9.17, 15) is 9.59 Å². The summed E-state index contributed by atoms with van der Waals surface area (Å²) >= 11 is 11.9. The lowest BCUT2D eigenvalue weighted by molar-refractivity contribution is -0.114. The summed E-state index contributed by atoms with van der Waals surface area (Å²) in [5.74, 6) is -0.495. The fourth-order valence-electron chi connectivity index (χ4n) is 2.11. The molecule has 0 spiro atoms. The highest BCUT2D eigenvalue weighted by atomic mass is 35.5. The average molecular weight is 396 g/mol. The van der Waals surface area contributed by atoms with Crippen LogP contribution in [0.25, 0.3) is 0 Å². The Bertz CT molecular complexity index is 784. The number of hydrogen-bond donors (Lipinski definition) is 3. The minimum absolute atomic E-state index is 0.0115. The quantitative estimate of drug-likeness (QED) is 0.598. The molecule has 0 unspecified atom stereocenters. The van der Waals surface area contributed by atoms with Gasteiger partial charge in [0.15, 0.2) is 0 Å². The molecule has 138 valence electrons. The van der Waals surface area contributed by atoms with E-state index in [2.05, 4.69) is 16.0 Å². The Kier molecular flexibility index (Phi) is 7.72. The first-order valence-electron chi connectivity index (χ1n) is 7.85. The Balaban J connectivity index is 1.90. The molecular formula is C18H19Cl2N3O3. The van der Waals surface area contributed by atoms with E-state index < -0.39 is 0 Å². The van der Waals surface area contributed by atoms with Gasteiger partial charge in [0.1, 0.15) is 0 Å². The van der Waals surface area contributed by atoms with Crippen molar-refractivity contribution in [2.45, 2.75) is 0 Å². The Hall–Kier alpha value is -2.28. The van der Waals surface area contributed by atoms with E-state index >= 15 is 0 Å². The van der Waals surface area contributed by atoms with Gasteiger partial charge in [0, 0.05) is 29.9 Å². The highest BCUT2D eigenvalue weighted by Gasteiger charge is 2.08. The van der Waals surface area contributed by atoms with E-state index in [4.69, 9.17) is 27.9 Å². The summed E-state index contributed by atoms with van der Waals surface area (Å²) in [6, 6.07) is 11.7. The number of halogens is 2. The zero-order chi connectivity index (χ0) is 18.9. The molecule has 0 saturated heterocycles. The second kappa shape index (κ2) is 10.0. The highest BCUT2D eigenvalue weighted by molar-refractivity contribution is 6.35. The molecule has 0 radical (unpaired) electrons. The van der Waals surface area contributed by atoms with Crippen molar-refractivity contribution < 1.29 is 14.3 Å². The van der Waals surface area contributed by atoms with Crippen LogP contribution in [0.5, 0.6) is 0 Å². The lowest BCUT2D eigenvalue weighted by Gasteiger charge is -2.10. The van der Waals surface area contributed by atoms with Gasteiger partial charge in [-0.05, 0) is 36.4 Å². The van der Waals surface area contributed by atoms with Gasteiger partial charge in [-0.1, -0.05) is 29.3 Å². The Morgan fingerprint density at radius 1 is 1.12 bits per heavy atom. The van der Waals surface area contributed by atoms with Gasteiger partial charge in [-0.3, -0.25) is 9.59 Å². The van der Waals surface area contributed by atoms with Crippen LogP contribution in [0.15, 0.2) is 42.5 Å². The fourth-order valence-corrected chi connectivity index (χ4v) is 2.45. The van der Waals surface area contributed by atoms with E-state index in [1.165, 1.54) is 0 Å². The second-order valence-electron chi connectivity index (χ2n) is 5.36. The minimum Gasteiger partial charge on any atom is -0.383 e. The van der Waals surface area contributed by atoms with E-state index in [0.717, 1.165) is 0 Å². The number of amides is 2. The summed E-state index contributed by atoms with van der Waals surface area (Å²) in [7, 11) is 1.57. The van der Waals surface area contributed by atoms with Crippen molar-refractivity contribution in [1.82, 2.24) is 5.32 Å². The van der Waals surface area contributed by atoms with Crippen molar-refractivity contribution in [3.8, 4) is 0 Å². The van der Waals surface area contributed by atoms with Gasteiger partial charge in [0.2, 0.25) is 5.91 Å². The maximum Gasteiger partial charge on any atom is 0.251 e. The van der Waals surface area contributed by atoms with Crippen molar-refractivity contribution >= 4 is 46.4 Å². The van der Waals surface area contributed by atoms with Crippen LogP contribution in [0.3, 0.4) is 0 Å². The van der Waals surface area contributed by atoms with Gasteiger partial charge in [0.25, 0.3) is 5.91 Å². The smallest absolute Gasteiger partial charge is 0.251 e. The third-order valence-corrected chi connectivity index (χ3v) is 3.94. The van der Waals surface area contributed by atoms with Gasteiger partial charge in [-0.2, -0.15) is 0 Å². The third kappa shape index (κ3) is 6.22. The molecule has 6 nitrogen and oxygen atoms in total. The molecule has 2 amide bonds. The predicted octanol–water partition coefficient (Wildman–Crippen LogP) is 3.42. The Morgan fingerprint density at radius 2 is 1.92 bits per heavy atom. The number of hydrogen-bond acceptors (Lipinski definition) is 4. The van der Waals surface area contributed by atoms with Crippen LogP contribution < -0.4 is 16.0 Å². The van der Waals surface area contributed by atoms with E-state index in [-0.39, 0.29) is 18.4 Å². The second-order valence-corrected chi connectivity index (χ2v) is 6.20. The lowest BCUT2D eigenvalue weighted by atomic mass is 10.2. The zero-order valence-corrected chi connectivity index (χ0v) is 15.7. The number of nitrogens with one attached hydrogen (secondary N) is 3. The van der Waals surface area contributed by atoms with Crippen LogP contribution in [0.2, 0.25) is 10.0 Å². The summed E-state index contributed by atoms with van der Waals surface area (Å²) in [4.78, 5) is 24.1. The van der Waals surface area contributed by atoms with Crippen molar-refractivity contribution in [1.29, 1.82) is 0 Å². The van der Waals surface area contributed by atoms with Crippen molar-refractivity contribution in [3.05, 3.63) is 58.1 Å². The SMILES string of the molecule is COCCNC(=O)c1cccc(NCC(=O)Nc2cc(Cl)ccc2Cl)c1. The molecule has 0 aliphatic heterocycles. The maximum absolute atomic E-state index is 12.1. The molecule has 0 aliphatic rings. The van der Waals surface area contributed by atoms with Crippen molar-refractivity contribution in [3.63, 3.8) is 0 Å². The van der Waals surface area contributed by atoms with E-state index in [1.54, 1.807) is 49.6 Å². The van der Waals surface area contributed by atoms with Gasteiger partial charge >= 0.3 is 0 Å². The molecule has 2 aromatic rings. The minimum atomic E-state index is -0.288. The number of methoxy groups -OCH3 is 1. The molecule has 2 rings (SSSR count). The first-order valence-corrected chi connectivity index (χ1v) is 8.61. The fraction of sp³-hybridized carbons (Fsp3) is 0.222. The summed E-state index contributed by atoms with van der Waals surface area (Å²) in [5.41, 5.74) is 1.58. The first kappa shape index (κ1) is 20.0. The number of anilines is 2. The van der Waals surface area contributed by atoms with Crippen LogP contribution in [0.4, 0.5) is 11.4 Å². The number of carbonyl (C=O) groups excluding carboxylic acids is 2. The molecule has 0 heterocycles. The highest BCUT2D eigenvalue weighted by Crippen LogP contribution is 2.25. The van der Waals surface area contributed by atoms with Crippen LogP contribution in [-0.4, -0.2) is 38.6 Å². The summed E-state index contributed by atoms with van der Waals surface area (Å²) in [6.45, 7) is 0.878. The standard InChI is InChI=1S/C18H19Cl2N3O3/c1-26-8-7-21-18(25)12-3-2-4-14(9-12)22-11-17(24)23-16-10-13(19)5-6-15(16)20/h2-6,9-10,22H,7-8,11H2,1H3,(H,21,25)(H,23,24). The Morgan fingerprint density at radius 3 is 2.69 bits per heavy atom. The summed E-state index contributed by atoms with van der Waals surface area (Å²) in [6.07, 6.45) is 0. The third-order valence-electron chi connectivity index (χ3n) is 3.37. The molecule has 0 bridgehead atoms. The largest absolute Gasteiger partial charge is 0.383 e. The number of ether oxygens (including phenoxy) is 1. The van der Waals surface area contributed by atoms with Gasteiger partial charge in [-0.25, -0.2) is 0 Å². The predicted molar refractivity (Wildman–Crippen MR) is 104 cm³/mol. The Labute approximate surface area is 161 Å². The van der Waals surface area contributed by atoms with Crippen molar-refractivity contribution in [2.24, 2.45) is 0 Å². The van der Waals surface area contributed by atoms with Gasteiger partial charge in [-0.15, -0.1) is 0 Å². The maximum atomic E-state index is 12.1. The van der Waals surface area contributed by atoms with E-state index in [0.29, 0.717) is 40.1 Å². The molecule has 0 saturated carbocycles. The van der Waals surface area contributed by atoms with Gasteiger partial charge < -0.3 is 20.7 Å². The van der Waals surface area contributed by atoms with Crippen LogP contribution in [-0.2, 0) is 9.53 Å². The lowest BCUT2D eigenvalue weighted by Crippen LogP contribution is -2.27. The number of rotatable bonds is 8. The number of carbonyl (C=O) groups is 2. The summed E-state index contributed by atoms with van der Waals surface area (Å²) < 4.78 is 4.89. The molecule has 0 aromatic heterocycles. The van der Waals surface area contributed by atoms with Crippen molar-refractivity contribution in [2.75, 3.05) is 37.4 Å². The summed E-state index contributed by atoms with van der Waals surface area (Å²) in [5, 5.41) is 9.27. The normalized spacial score (nSPS) is 10.3. The van der Waals surface area contributed by atoms with Crippen LogP contribution >= 0.6 is 23.2 Å². The molecule has 0 aliphatic carbocycles. The molecule has 3 N–H and O–H groups in total. The molecule has 0 atom stereocenters. The number of benzene rings is 2. The van der Waals surface area contributed by atoms with Crippen LogP contribution in [0, 0.1) is 0 Å². The topological polar surface area (TPSA) is 79.5 Å². The van der Waals surface area contributed by atoms with Crippen LogP contribution in [0.1, 0.15) is 10.4 Å². The molecular weight excluding hydrogens is 377 g/mol.